The molecule has 5 amide bonds. The fourth-order valence-corrected chi connectivity index (χ4v) is 6.23. The molecular weight excluding hydrogens is 652 g/mol. The van der Waals surface area contributed by atoms with Gasteiger partial charge in [-0.2, -0.15) is 0 Å². The summed E-state index contributed by atoms with van der Waals surface area (Å²) in [6.45, 7) is 6.26. The summed E-state index contributed by atoms with van der Waals surface area (Å²) in [5.41, 5.74) is 8.00. The highest BCUT2D eigenvalue weighted by molar-refractivity contribution is 5.96. The van der Waals surface area contributed by atoms with Crippen LogP contribution in [0, 0.1) is 5.92 Å². The number of hydrogen-bond donors (Lipinski definition) is 9. The van der Waals surface area contributed by atoms with Crippen LogP contribution >= 0.6 is 0 Å². The Morgan fingerprint density at radius 2 is 1.41 bits per heavy atom. The summed E-state index contributed by atoms with van der Waals surface area (Å²) in [5, 5.41) is 18.4. The van der Waals surface area contributed by atoms with Crippen molar-refractivity contribution < 1.29 is 24.0 Å². The fraction of sp³-hybridized carbons (Fsp3) is 0.556. The number of aromatic nitrogens is 3. The molecule has 3 heterocycles. The van der Waals surface area contributed by atoms with Gasteiger partial charge in [-0.05, 0) is 49.8 Å². The van der Waals surface area contributed by atoms with Gasteiger partial charge in [0.15, 0.2) is 0 Å². The molecule has 0 radical (unpaired) electrons. The molecule has 51 heavy (non-hydrogen) atoms. The molecule has 278 valence electrons. The first-order valence-electron chi connectivity index (χ1n) is 18.0. The van der Waals surface area contributed by atoms with Crippen molar-refractivity contribution in [3.63, 3.8) is 0 Å². The first kappa shape index (κ1) is 39.0. The van der Waals surface area contributed by atoms with Gasteiger partial charge in [-0.1, -0.05) is 58.2 Å². The minimum atomic E-state index is -1.10. The number of imidazole rings is 1. The van der Waals surface area contributed by atoms with E-state index in [2.05, 4.69) is 46.9 Å². The zero-order valence-corrected chi connectivity index (χ0v) is 29.8. The number of nitrogens with zero attached hydrogens (tertiary/aromatic N) is 1. The Bertz CT molecular complexity index is 1590. The summed E-state index contributed by atoms with van der Waals surface area (Å²) in [4.78, 5) is 79.6. The molecule has 1 fully saturated rings. The number of fused-ring (bicyclic) bond motifs is 1. The normalized spacial score (nSPS) is 22.9. The minimum Gasteiger partial charge on any atom is -0.361 e. The van der Waals surface area contributed by atoms with Gasteiger partial charge in [-0.25, -0.2) is 4.98 Å². The van der Waals surface area contributed by atoms with Crippen molar-refractivity contribution in [1.82, 2.24) is 46.9 Å². The lowest BCUT2D eigenvalue weighted by Crippen LogP contribution is -2.59. The zero-order valence-electron chi connectivity index (χ0n) is 29.8. The Kier molecular flexibility index (Phi) is 15.0. The number of aromatic amines is 2. The third kappa shape index (κ3) is 11.6. The Balaban J connectivity index is 1.71. The molecule has 4 rings (SSSR count). The molecule has 1 aliphatic rings. The molecule has 0 bridgehead atoms. The average molecular weight is 707 g/mol. The summed E-state index contributed by atoms with van der Waals surface area (Å²) in [7, 11) is 0. The number of para-hydroxylation sites is 1. The number of carbonyl (C=O) groups is 5. The first-order chi connectivity index (χ1) is 24.6. The first-order valence-corrected chi connectivity index (χ1v) is 18.0. The SMILES string of the molecule is CCCC[C@H]1NC(=O)[C@H](CC(C)C)NC(=O)[C@@H](CCCCN)NCNC(=O)[C@@H](Cc2cnc[nH]2)NC(=O)[C@H](Cc2c[nH]c3ccccc23)NC1=O. The molecule has 15 nitrogen and oxygen atoms in total. The Hall–Kier alpha value is -4.76. The van der Waals surface area contributed by atoms with Gasteiger partial charge in [0.1, 0.15) is 24.2 Å². The number of unbranched alkanes of at least 4 members (excludes halogenated alkanes) is 2. The molecule has 0 spiro atoms. The number of rotatable bonds is 13. The van der Waals surface area contributed by atoms with Crippen LogP contribution in [0.3, 0.4) is 0 Å². The summed E-state index contributed by atoms with van der Waals surface area (Å²) in [6.07, 6.45) is 8.89. The third-order valence-electron chi connectivity index (χ3n) is 9.04. The number of amides is 5. The maximum atomic E-state index is 14.1. The van der Waals surface area contributed by atoms with E-state index in [0.29, 0.717) is 50.8 Å². The molecule has 0 aliphatic carbocycles. The molecule has 2 aromatic heterocycles. The number of hydrogen-bond acceptors (Lipinski definition) is 8. The van der Waals surface area contributed by atoms with Crippen LogP contribution in [-0.4, -0.2) is 87.9 Å². The van der Waals surface area contributed by atoms with E-state index >= 15 is 0 Å². The van der Waals surface area contributed by atoms with Crippen LogP contribution < -0.4 is 37.6 Å². The summed E-state index contributed by atoms with van der Waals surface area (Å²) in [6, 6.07) is 2.87. The van der Waals surface area contributed by atoms with Gasteiger partial charge in [-0.15, -0.1) is 0 Å². The Morgan fingerprint density at radius 3 is 2.12 bits per heavy atom. The maximum Gasteiger partial charge on any atom is 0.243 e. The second-order valence-electron chi connectivity index (χ2n) is 13.6. The molecule has 1 aromatic carbocycles. The van der Waals surface area contributed by atoms with Crippen LogP contribution in [0.1, 0.15) is 77.0 Å². The highest BCUT2D eigenvalue weighted by Crippen LogP contribution is 2.20. The Morgan fingerprint density at radius 1 is 0.765 bits per heavy atom. The van der Waals surface area contributed by atoms with Crippen molar-refractivity contribution in [2.24, 2.45) is 11.7 Å². The maximum absolute atomic E-state index is 14.1. The van der Waals surface area contributed by atoms with Gasteiger partial charge >= 0.3 is 0 Å². The summed E-state index contributed by atoms with van der Waals surface area (Å²) < 4.78 is 0. The smallest absolute Gasteiger partial charge is 0.243 e. The number of benzene rings is 1. The monoisotopic (exact) mass is 706 g/mol. The molecule has 1 aliphatic heterocycles. The molecular formula is C36H54N10O5. The molecule has 5 atom stereocenters. The van der Waals surface area contributed by atoms with Crippen molar-refractivity contribution >= 4 is 40.4 Å². The van der Waals surface area contributed by atoms with E-state index in [-0.39, 0.29) is 25.4 Å². The predicted octanol–water partition coefficient (Wildman–Crippen LogP) is 1.03. The van der Waals surface area contributed by atoms with Gasteiger partial charge in [0.25, 0.3) is 0 Å². The molecule has 10 N–H and O–H groups in total. The van der Waals surface area contributed by atoms with Gasteiger partial charge in [0.05, 0.1) is 19.0 Å². The highest BCUT2D eigenvalue weighted by atomic mass is 16.2. The van der Waals surface area contributed by atoms with E-state index in [9.17, 15) is 24.0 Å². The molecule has 0 saturated carbocycles. The average Bonchev–Trinajstić information content (AvgIpc) is 3.77. The van der Waals surface area contributed by atoms with E-state index in [1.807, 2.05) is 45.0 Å². The second-order valence-corrected chi connectivity index (χ2v) is 13.6. The number of nitrogens with two attached hydrogens (primary N) is 1. The number of carbonyl (C=O) groups excluding carboxylic acids is 5. The van der Waals surface area contributed by atoms with Gasteiger partial charge < -0.3 is 42.3 Å². The van der Waals surface area contributed by atoms with Crippen LogP contribution in [0.15, 0.2) is 43.0 Å². The topological polar surface area (TPSA) is 228 Å². The van der Waals surface area contributed by atoms with Gasteiger partial charge in [0, 0.05) is 41.8 Å². The van der Waals surface area contributed by atoms with E-state index in [4.69, 9.17) is 5.73 Å². The third-order valence-corrected chi connectivity index (χ3v) is 9.04. The van der Waals surface area contributed by atoms with Crippen molar-refractivity contribution in [1.29, 1.82) is 0 Å². The van der Waals surface area contributed by atoms with Crippen molar-refractivity contribution in [3.8, 4) is 0 Å². The number of nitrogens with one attached hydrogen (secondary N) is 8. The van der Waals surface area contributed by atoms with Gasteiger partial charge in [0.2, 0.25) is 29.5 Å². The fourth-order valence-electron chi connectivity index (χ4n) is 6.23. The lowest BCUT2D eigenvalue weighted by molar-refractivity contribution is -0.134. The largest absolute Gasteiger partial charge is 0.361 e. The zero-order chi connectivity index (χ0) is 36.8. The van der Waals surface area contributed by atoms with Crippen LogP contribution in [0.4, 0.5) is 0 Å². The second kappa shape index (κ2) is 19.6. The van der Waals surface area contributed by atoms with Gasteiger partial charge in [-0.3, -0.25) is 29.3 Å². The standard InChI is InChI=1S/C36H54N10O5/c1-4-5-11-28-34(49)45-30(16-23-18-39-26-12-7-6-10-25(23)26)36(51)46-31(17-24-19-38-20-40-24)32(47)42-21-41-27(13-8-9-14-37)33(48)44-29(15-22(2)3)35(50)43-28/h6-7,10,12,18-20,22,27-31,39,41H,4-5,8-9,11,13-17,21,37H2,1-3H3,(H,38,40)(H,42,47)(H,43,50)(H,44,48)(H,45,49)(H,46,51)/t27-,28-,29+,30+,31-/m1/s1. The summed E-state index contributed by atoms with van der Waals surface area (Å²) in [5.74, 6) is -2.43. The molecule has 15 heteroatoms. The molecule has 0 unspecified atom stereocenters. The highest BCUT2D eigenvalue weighted by Gasteiger charge is 2.33. The van der Waals surface area contributed by atoms with Crippen molar-refractivity contribution in [2.45, 2.75) is 109 Å². The predicted molar refractivity (Wildman–Crippen MR) is 194 cm³/mol. The lowest BCUT2D eigenvalue weighted by atomic mass is 10.00. The lowest BCUT2D eigenvalue weighted by Gasteiger charge is -2.27. The molecule has 3 aromatic rings. The van der Waals surface area contributed by atoms with E-state index in [1.54, 1.807) is 12.4 Å². The van der Waals surface area contributed by atoms with E-state index in [1.165, 1.54) is 6.33 Å². The van der Waals surface area contributed by atoms with Crippen molar-refractivity contribution in [2.75, 3.05) is 13.2 Å². The van der Waals surface area contributed by atoms with Crippen molar-refractivity contribution in [3.05, 3.63) is 54.2 Å². The van der Waals surface area contributed by atoms with Crippen LogP contribution in [0.2, 0.25) is 0 Å². The number of H-pyrrole nitrogens is 2. The molecule has 1 saturated heterocycles. The quantitative estimate of drug-likeness (QED) is 0.116. The van der Waals surface area contributed by atoms with Crippen LogP contribution in [-0.2, 0) is 36.8 Å². The van der Waals surface area contributed by atoms with Crippen LogP contribution in [0.25, 0.3) is 10.9 Å². The van der Waals surface area contributed by atoms with Crippen LogP contribution in [0.5, 0.6) is 0 Å². The van der Waals surface area contributed by atoms with E-state index in [0.717, 1.165) is 22.9 Å². The Labute approximate surface area is 298 Å². The van der Waals surface area contributed by atoms with E-state index < -0.39 is 59.7 Å². The minimum absolute atomic E-state index is 0.0528. The summed E-state index contributed by atoms with van der Waals surface area (Å²) >= 11 is 0.